The molecule has 1 aromatic carbocycles. The van der Waals surface area contributed by atoms with Crippen molar-refractivity contribution in [3.05, 3.63) is 58.8 Å². The van der Waals surface area contributed by atoms with E-state index in [1.54, 1.807) is 0 Å². The third-order valence-electron chi connectivity index (χ3n) is 5.12. The Labute approximate surface area is 199 Å². The molecule has 1 saturated heterocycles. The van der Waals surface area contributed by atoms with E-state index in [1.165, 1.54) is 18.5 Å². The number of aliphatic hydroxyl groups excluding tert-OH is 3. The van der Waals surface area contributed by atoms with Crippen LogP contribution < -0.4 is 0 Å². The minimum absolute atomic E-state index is 0.0153. The van der Waals surface area contributed by atoms with Gasteiger partial charge in [0.15, 0.2) is 23.1 Å². The summed E-state index contributed by atoms with van der Waals surface area (Å²) in [5.41, 5.74) is -1.18. The van der Waals surface area contributed by atoms with Crippen molar-refractivity contribution in [1.82, 2.24) is 20.0 Å². The summed E-state index contributed by atoms with van der Waals surface area (Å²) in [5, 5.41) is 48.0. The summed E-state index contributed by atoms with van der Waals surface area (Å²) in [7, 11) is 0. The van der Waals surface area contributed by atoms with E-state index in [-0.39, 0.29) is 22.0 Å². The van der Waals surface area contributed by atoms with Gasteiger partial charge in [-0.2, -0.15) is 5.26 Å². The third-order valence-corrected chi connectivity index (χ3v) is 6.52. The van der Waals surface area contributed by atoms with E-state index in [1.807, 2.05) is 6.07 Å². The first-order valence-electron chi connectivity index (χ1n) is 9.65. The Morgan fingerprint density at radius 1 is 1.18 bits per heavy atom. The zero-order valence-corrected chi connectivity index (χ0v) is 18.5. The Balaban J connectivity index is 1.63. The number of pyridine rings is 1. The highest BCUT2D eigenvalue weighted by Gasteiger charge is 2.46. The molecule has 5 unspecified atom stereocenters. The van der Waals surface area contributed by atoms with Gasteiger partial charge in [0.2, 0.25) is 0 Å². The molecule has 0 amide bonds. The highest BCUT2D eigenvalue weighted by Crippen LogP contribution is 2.38. The second-order valence-electron chi connectivity index (χ2n) is 7.27. The Hall–Kier alpha value is -2.73. The molecule has 9 nitrogen and oxygen atoms in total. The van der Waals surface area contributed by atoms with Gasteiger partial charge in [-0.1, -0.05) is 28.6 Å². The van der Waals surface area contributed by atoms with Gasteiger partial charge in [0.1, 0.15) is 41.6 Å². The zero-order chi connectivity index (χ0) is 24.6. The van der Waals surface area contributed by atoms with Gasteiger partial charge in [-0.15, -0.1) is 5.10 Å². The lowest BCUT2D eigenvalue weighted by atomic mass is 9.97. The number of aliphatic hydroxyl groups is 3. The van der Waals surface area contributed by atoms with Gasteiger partial charge < -0.3 is 20.1 Å². The minimum atomic E-state index is -1.63. The van der Waals surface area contributed by atoms with Crippen LogP contribution in [0.2, 0.25) is 5.02 Å². The standard InChI is InChI=1S/C20H15ClF3N5O4S/c21-10-3-9(5-26-13(10)4-25)34-20-19(32)17(18(31)15(7-30)33-20)29-6-14(27-28-29)8-1-11(22)16(24)12(23)2-8/h1-3,5-6,15,17-20,30-32H,7H2. The van der Waals surface area contributed by atoms with E-state index in [4.69, 9.17) is 21.6 Å². The van der Waals surface area contributed by atoms with Crippen molar-refractivity contribution in [1.29, 1.82) is 5.26 Å². The average molecular weight is 514 g/mol. The molecule has 0 spiro atoms. The molecule has 5 atom stereocenters. The van der Waals surface area contributed by atoms with Crippen molar-refractivity contribution in [2.24, 2.45) is 0 Å². The van der Waals surface area contributed by atoms with Crippen LogP contribution in [0.3, 0.4) is 0 Å². The number of thioether (sulfide) groups is 1. The second kappa shape index (κ2) is 9.87. The topological polar surface area (TPSA) is 137 Å². The lowest BCUT2D eigenvalue weighted by molar-refractivity contribution is -0.178. The highest BCUT2D eigenvalue weighted by atomic mass is 35.5. The second-order valence-corrected chi connectivity index (χ2v) is 8.84. The van der Waals surface area contributed by atoms with Gasteiger partial charge in [0.05, 0.1) is 17.8 Å². The molecule has 3 aromatic rings. The first kappa shape index (κ1) is 24.4. The first-order chi connectivity index (χ1) is 16.2. The molecule has 1 fully saturated rings. The molecule has 2 aromatic heterocycles. The van der Waals surface area contributed by atoms with Crippen molar-refractivity contribution in [3.63, 3.8) is 0 Å². The van der Waals surface area contributed by atoms with E-state index in [0.717, 1.165) is 28.6 Å². The van der Waals surface area contributed by atoms with Crippen molar-refractivity contribution in [2.75, 3.05) is 6.61 Å². The number of halogens is 4. The van der Waals surface area contributed by atoms with E-state index in [9.17, 15) is 28.5 Å². The molecule has 3 heterocycles. The summed E-state index contributed by atoms with van der Waals surface area (Å²) in [6, 6.07) is 3.57. The fraction of sp³-hybridized carbons (Fsp3) is 0.300. The number of benzene rings is 1. The minimum Gasteiger partial charge on any atom is -0.394 e. The summed E-state index contributed by atoms with van der Waals surface area (Å²) in [6.45, 7) is -0.593. The Bertz CT molecular complexity index is 1240. The fourth-order valence-electron chi connectivity index (χ4n) is 3.44. The Morgan fingerprint density at radius 2 is 1.88 bits per heavy atom. The van der Waals surface area contributed by atoms with Crippen LogP contribution in [0, 0.1) is 28.8 Å². The number of nitrogens with zero attached hydrogens (tertiary/aromatic N) is 5. The molecule has 14 heteroatoms. The van der Waals surface area contributed by atoms with Gasteiger partial charge in [-0.25, -0.2) is 22.8 Å². The van der Waals surface area contributed by atoms with E-state index in [0.29, 0.717) is 4.90 Å². The molecule has 0 saturated carbocycles. The molecular formula is C20H15ClF3N5O4S. The lowest BCUT2D eigenvalue weighted by Gasteiger charge is -2.41. The fourth-order valence-corrected chi connectivity index (χ4v) is 4.78. The van der Waals surface area contributed by atoms with Gasteiger partial charge in [-0.3, -0.25) is 0 Å². The number of hydrogen-bond acceptors (Lipinski definition) is 9. The predicted octanol–water partition coefficient (Wildman–Crippen LogP) is 2.05. The van der Waals surface area contributed by atoms with E-state index < -0.39 is 53.8 Å². The SMILES string of the molecule is N#Cc1ncc(SC2OC(CO)C(O)C(n3cc(-c4cc(F)c(F)c(F)c4)nn3)C2O)cc1Cl. The molecule has 34 heavy (non-hydrogen) atoms. The van der Waals surface area contributed by atoms with Crippen molar-refractivity contribution in [2.45, 2.75) is 34.7 Å². The molecule has 3 N–H and O–H groups in total. The number of nitriles is 1. The van der Waals surface area contributed by atoms with Crippen LogP contribution in [0.15, 0.2) is 35.5 Å². The molecule has 0 aliphatic carbocycles. The largest absolute Gasteiger partial charge is 0.394 e. The molecule has 1 aliphatic heterocycles. The van der Waals surface area contributed by atoms with Crippen LogP contribution >= 0.6 is 23.4 Å². The average Bonchev–Trinajstić information content (AvgIpc) is 3.29. The quantitative estimate of drug-likeness (QED) is 0.438. The molecule has 1 aliphatic rings. The zero-order valence-electron chi connectivity index (χ0n) is 16.9. The molecule has 4 rings (SSSR count). The van der Waals surface area contributed by atoms with Crippen LogP contribution in [0.25, 0.3) is 11.3 Å². The van der Waals surface area contributed by atoms with Gasteiger partial charge in [0.25, 0.3) is 0 Å². The predicted molar refractivity (Wildman–Crippen MR) is 112 cm³/mol. The molecule has 178 valence electrons. The molecule has 0 bridgehead atoms. The maximum absolute atomic E-state index is 13.6. The van der Waals surface area contributed by atoms with Crippen LogP contribution in [0.5, 0.6) is 0 Å². The molecular weight excluding hydrogens is 499 g/mol. The van der Waals surface area contributed by atoms with Crippen molar-refractivity contribution >= 4 is 23.4 Å². The van der Waals surface area contributed by atoms with Crippen LogP contribution in [-0.2, 0) is 4.74 Å². The van der Waals surface area contributed by atoms with Crippen LogP contribution in [0.4, 0.5) is 13.2 Å². The summed E-state index contributed by atoms with van der Waals surface area (Å²) in [6.07, 6.45) is -1.40. The number of hydrogen-bond donors (Lipinski definition) is 3. The maximum atomic E-state index is 13.6. The van der Waals surface area contributed by atoms with E-state index >= 15 is 0 Å². The Kier molecular flexibility index (Phi) is 7.08. The van der Waals surface area contributed by atoms with Gasteiger partial charge in [-0.05, 0) is 18.2 Å². The van der Waals surface area contributed by atoms with E-state index in [2.05, 4.69) is 15.3 Å². The van der Waals surface area contributed by atoms with Gasteiger partial charge >= 0.3 is 0 Å². The lowest BCUT2D eigenvalue weighted by Crippen LogP contribution is -2.55. The Morgan fingerprint density at radius 3 is 2.50 bits per heavy atom. The third kappa shape index (κ3) is 4.61. The number of aromatic nitrogens is 4. The normalized spacial score (nSPS) is 24.7. The number of rotatable bonds is 5. The number of ether oxygens (including phenoxy) is 1. The molecule has 0 radical (unpaired) electrons. The van der Waals surface area contributed by atoms with Crippen molar-refractivity contribution in [3.8, 4) is 17.3 Å². The summed E-state index contributed by atoms with van der Waals surface area (Å²) in [5.74, 6) is -4.46. The van der Waals surface area contributed by atoms with Crippen LogP contribution in [0.1, 0.15) is 11.7 Å². The monoisotopic (exact) mass is 513 g/mol. The summed E-state index contributed by atoms with van der Waals surface area (Å²) < 4.78 is 47.2. The van der Waals surface area contributed by atoms with Gasteiger partial charge in [0, 0.05) is 16.7 Å². The summed E-state index contributed by atoms with van der Waals surface area (Å²) in [4.78, 5) is 4.35. The first-order valence-corrected chi connectivity index (χ1v) is 10.9. The summed E-state index contributed by atoms with van der Waals surface area (Å²) >= 11 is 6.98. The van der Waals surface area contributed by atoms with Crippen LogP contribution in [-0.4, -0.2) is 65.7 Å². The smallest absolute Gasteiger partial charge is 0.194 e. The van der Waals surface area contributed by atoms with Crippen molar-refractivity contribution < 1.29 is 33.2 Å². The highest BCUT2D eigenvalue weighted by molar-refractivity contribution is 7.99. The maximum Gasteiger partial charge on any atom is 0.194 e.